The van der Waals surface area contributed by atoms with Gasteiger partial charge in [0.2, 0.25) is 0 Å². The molecule has 2 heteroatoms. The molecule has 1 aliphatic heterocycles. The van der Waals surface area contributed by atoms with Gasteiger partial charge in [0.1, 0.15) is 0 Å². The highest BCUT2D eigenvalue weighted by Crippen LogP contribution is 2.43. The van der Waals surface area contributed by atoms with E-state index < -0.39 is 0 Å². The molecule has 2 nitrogen and oxygen atoms in total. The fourth-order valence-corrected chi connectivity index (χ4v) is 4.44. The third-order valence-electron chi connectivity index (χ3n) is 5.29. The molecular weight excluding hydrogens is 222 g/mol. The average molecular weight is 249 g/mol. The SMILES string of the molecule is CCCN1CCC[C@H]2CC3=C(CCCC3O)C[C@@H]21. The van der Waals surface area contributed by atoms with E-state index in [4.69, 9.17) is 0 Å². The molecule has 18 heavy (non-hydrogen) atoms. The van der Waals surface area contributed by atoms with Gasteiger partial charge in [-0.15, -0.1) is 0 Å². The number of likely N-dealkylation sites (tertiary alicyclic amines) is 1. The molecule has 1 saturated heterocycles. The lowest BCUT2D eigenvalue weighted by Gasteiger charge is -2.47. The summed E-state index contributed by atoms with van der Waals surface area (Å²) in [4.78, 5) is 2.74. The van der Waals surface area contributed by atoms with E-state index in [0.717, 1.165) is 18.4 Å². The molecule has 3 atom stereocenters. The van der Waals surface area contributed by atoms with Crippen LogP contribution in [0.15, 0.2) is 11.1 Å². The van der Waals surface area contributed by atoms with Gasteiger partial charge in [0.05, 0.1) is 6.10 Å². The Kier molecular flexibility index (Phi) is 3.76. The molecule has 0 aromatic carbocycles. The minimum Gasteiger partial charge on any atom is -0.389 e. The molecule has 0 aromatic heterocycles. The van der Waals surface area contributed by atoms with Crippen molar-refractivity contribution >= 4 is 0 Å². The van der Waals surface area contributed by atoms with Gasteiger partial charge in [-0.05, 0) is 75.9 Å². The highest BCUT2D eigenvalue weighted by atomic mass is 16.3. The number of aliphatic hydroxyl groups is 1. The quantitative estimate of drug-likeness (QED) is 0.760. The second-order valence-corrected chi connectivity index (χ2v) is 6.45. The van der Waals surface area contributed by atoms with E-state index >= 15 is 0 Å². The van der Waals surface area contributed by atoms with E-state index in [1.54, 1.807) is 5.57 Å². The summed E-state index contributed by atoms with van der Waals surface area (Å²) in [6, 6.07) is 0.794. The molecule has 1 N–H and O–H groups in total. The molecule has 0 amide bonds. The molecule has 0 aromatic rings. The normalized spacial score (nSPS) is 37.3. The zero-order chi connectivity index (χ0) is 12.5. The molecule has 102 valence electrons. The number of hydrogen-bond donors (Lipinski definition) is 1. The van der Waals surface area contributed by atoms with Crippen LogP contribution < -0.4 is 0 Å². The molecule has 0 radical (unpaired) electrons. The second kappa shape index (κ2) is 5.34. The first kappa shape index (κ1) is 12.7. The van der Waals surface area contributed by atoms with Gasteiger partial charge >= 0.3 is 0 Å². The summed E-state index contributed by atoms with van der Waals surface area (Å²) in [5, 5.41) is 10.2. The lowest BCUT2D eigenvalue weighted by molar-refractivity contribution is 0.0722. The van der Waals surface area contributed by atoms with Crippen molar-refractivity contribution < 1.29 is 5.11 Å². The van der Waals surface area contributed by atoms with Crippen molar-refractivity contribution in [2.24, 2.45) is 5.92 Å². The van der Waals surface area contributed by atoms with E-state index in [9.17, 15) is 5.11 Å². The number of piperidine rings is 1. The van der Waals surface area contributed by atoms with Crippen LogP contribution in [0.4, 0.5) is 0 Å². The fourth-order valence-electron chi connectivity index (χ4n) is 4.44. The van der Waals surface area contributed by atoms with Crippen LogP contribution in [0.5, 0.6) is 0 Å². The number of hydrogen-bond acceptors (Lipinski definition) is 2. The van der Waals surface area contributed by atoms with Crippen LogP contribution in [-0.4, -0.2) is 35.2 Å². The monoisotopic (exact) mass is 249 g/mol. The smallest absolute Gasteiger partial charge is 0.0753 e. The zero-order valence-electron chi connectivity index (χ0n) is 11.7. The molecule has 1 fully saturated rings. The minimum atomic E-state index is -0.101. The van der Waals surface area contributed by atoms with Gasteiger partial charge in [-0.25, -0.2) is 0 Å². The molecular formula is C16H27NO. The summed E-state index contributed by atoms with van der Waals surface area (Å²) in [5.41, 5.74) is 3.07. The fraction of sp³-hybridized carbons (Fsp3) is 0.875. The molecule has 0 spiro atoms. The summed E-state index contributed by atoms with van der Waals surface area (Å²) in [6.45, 7) is 4.87. The van der Waals surface area contributed by atoms with E-state index in [1.807, 2.05) is 0 Å². The Balaban J connectivity index is 1.79. The Morgan fingerprint density at radius 1 is 1.22 bits per heavy atom. The summed E-state index contributed by atoms with van der Waals surface area (Å²) in [5.74, 6) is 0.830. The van der Waals surface area contributed by atoms with Crippen molar-refractivity contribution in [3.05, 3.63) is 11.1 Å². The van der Waals surface area contributed by atoms with Crippen LogP contribution in [-0.2, 0) is 0 Å². The van der Waals surface area contributed by atoms with E-state index in [2.05, 4.69) is 11.8 Å². The van der Waals surface area contributed by atoms with Crippen molar-refractivity contribution in [1.82, 2.24) is 4.90 Å². The maximum Gasteiger partial charge on any atom is 0.0753 e. The van der Waals surface area contributed by atoms with Gasteiger partial charge in [0, 0.05) is 6.04 Å². The Morgan fingerprint density at radius 2 is 2.11 bits per heavy atom. The van der Waals surface area contributed by atoms with Crippen molar-refractivity contribution in [1.29, 1.82) is 0 Å². The Morgan fingerprint density at radius 3 is 2.94 bits per heavy atom. The van der Waals surface area contributed by atoms with Crippen LogP contribution in [0.2, 0.25) is 0 Å². The summed E-state index contributed by atoms with van der Waals surface area (Å²) in [7, 11) is 0. The minimum absolute atomic E-state index is 0.101. The van der Waals surface area contributed by atoms with E-state index in [1.165, 1.54) is 63.6 Å². The van der Waals surface area contributed by atoms with Crippen LogP contribution in [0.3, 0.4) is 0 Å². The second-order valence-electron chi connectivity index (χ2n) is 6.45. The van der Waals surface area contributed by atoms with Crippen molar-refractivity contribution in [3.63, 3.8) is 0 Å². The Bertz CT molecular complexity index is 334. The van der Waals surface area contributed by atoms with Gasteiger partial charge in [-0.3, -0.25) is 4.90 Å². The Hall–Kier alpha value is -0.340. The largest absolute Gasteiger partial charge is 0.389 e. The third-order valence-corrected chi connectivity index (χ3v) is 5.29. The van der Waals surface area contributed by atoms with Gasteiger partial charge < -0.3 is 5.11 Å². The molecule has 3 rings (SSSR count). The van der Waals surface area contributed by atoms with Crippen molar-refractivity contribution in [3.8, 4) is 0 Å². The van der Waals surface area contributed by atoms with Crippen LogP contribution >= 0.6 is 0 Å². The highest BCUT2D eigenvalue weighted by molar-refractivity contribution is 5.26. The lowest BCUT2D eigenvalue weighted by Crippen LogP contribution is -2.48. The predicted molar refractivity (Wildman–Crippen MR) is 74.5 cm³/mol. The van der Waals surface area contributed by atoms with Gasteiger partial charge in [0.15, 0.2) is 0 Å². The van der Waals surface area contributed by atoms with Gasteiger partial charge in [0.25, 0.3) is 0 Å². The third kappa shape index (κ3) is 2.25. The first-order valence-corrected chi connectivity index (χ1v) is 7.92. The number of rotatable bonds is 2. The molecule has 0 saturated carbocycles. The molecule has 2 aliphatic carbocycles. The van der Waals surface area contributed by atoms with Crippen molar-refractivity contribution in [2.75, 3.05) is 13.1 Å². The lowest BCUT2D eigenvalue weighted by atomic mass is 9.70. The van der Waals surface area contributed by atoms with Gasteiger partial charge in [-0.2, -0.15) is 0 Å². The highest BCUT2D eigenvalue weighted by Gasteiger charge is 2.38. The average Bonchev–Trinajstić information content (AvgIpc) is 2.38. The topological polar surface area (TPSA) is 23.5 Å². The van der Waals surface area contributed by atoms with Crippen LogP contribution in [0, 0.1) is 5.92 Å². The number of aliphatic hydroxyl groups excluding tert-OH is 1. The first-order chi connectivity index (χ1) is 8.79. The maximum atomic E-state index is 10.2. The van der Waals surface area contributed by atoms with Crippen LogP contribution in [0.25, 0.3) is 0 Å². The molecule has 3 aliphatic rings. The molecule has 1 unspecified atom stereocenters. The molecule has 1 heterocycles. The summed E-state index contributed by atoms with van der Waals surface area (Å²) in [6.07, 6.45) is 9.84. The predicted octanol–water partition coefficient (Wildman–Crippen LogP) is 3.11. The maximum absolute atomic E-state index is 10.2. The van der Waals surface area contributed by atoms with Crippen molar-refractivity contribution in [2.45, 2.75) is 70.4 Å². The van der Waals surface area contributed by atoms with E-state index in [-0.39, 0.29) is 6.10 Å². The number of nitrogens with zero attached hydrogens (tertiary/aromatic N) is 1. The summed E-state index contributed by atoms with van der Waals surface area (Å²) < 4.78 is 0. The van der Waals surface area contributed by atoms with E-state index in [0.29, 0.717) is 0 Å². The summed E-state index contributed by atoms with van der Waals surface area (Å²) >= 11 is 0. The first-order valence-electron chi connectivity index (χ1n) is 7.92. The standard InChI is InChI=1S/C16H27NO/c1-2-8-17-9-4-6-13-10-14-12(11-15(13)17)5-3-7-16(14)18/h13,15-16,18H,2-11H2,1H3/t13-,15-,16?/m0/s1. The Labute approximate surface area is 111 Å². The molecule has 0 bridgehead atoms. The number of fused-ring (bicyclic) bond motifs is 1. The van der Waals surface area contributed by atoms with Gasteiger partial charge in [-0.1, -0.05) is 12.5 Å². The van der Waals surface area contributed by atoms with Crippen LogP contribution in [0.1, 0.15) is 58.3 Å². The zero-order valence-corrected chi connectivity index (χ0v) is 11.7.